The molecule has 0 spiro atoms. The van der Waals surface area contributed by atoms with E-state index in [4.69, 9.17) is 15.2 Å². The van der Waals surface area contributed by atoms with Gasteiger partial charge in [0.25, 0.3) is 0 Å². The van der Waals surface area contributed by atoms with Crippen LogP contribution in [0, 0.1) is 5.92 Å². The van der Waals surface area contributed by atoms with Crippen LogP contribution in [0.2, 0.25) is 0 Å². The van der Waals surface area contributed by atoms with Crippen LogP contribution >= 0.6 is 0 Å². The SMILES string of the molecule is COc1ccc(CN(C)C(=O)[C@@H](N)C(C)C)cc1OC. The zero-order valence-corrected chi connectivity index (χ0v) is 12.8. The van der Waals surface area contributed by atoms with Crippen LogP contribution in [0.1, 0.15) is 19.4 Å². The number of nitrogens with zero attached hydrogens (tertiary/aromatic N) is 1. The molecule has 1 atom stereocenters. The molecule has 0 aromatic heterocycles. The number of amides is 1. The van der Waals surface area contributed by atoms with Crippen molar-refractivity contribution in [2.75, 3.05) is 21.3 Å². The largest absolute Gasteiger partial charge is 0.493 e. The highest BCUT2D eigenvalue weighted by Crippen LogP contribution is 2.27. The maximum Gasteiger partial charge on any atom is 0.239 e. The third-order valence-corrected chi connectivity index (χ3v) is 3.25. The van der Waals surface area contributed by atoms with E-state index in [2.05, 4.69) is 0 Å². The number of carbonyl (C=O) groups is 1. The zero-order chi connectivity index (χ0) is 15.3. The van der Waals surface area contributed by atoms with Gasteiger partial charge >= 0.3 is 0 Å². The van der Waals surface area contributed by atoms with E-state index in [0.29, 0.717) is 18.0 Å². The summed E-state index contributed by atoms with van der Waals surface area (Å²) in [6.07, 6.45) is 0. The molecule has 0 saturated heterocycles. The van der Waals surface area contributed by atoms with Gasteiger partial charge in [-0.05, 0) is 23.6 Å². The summed E-state index contributed by atoms with van der Waals surface area (Å²) in [5.74, 6) is 1.38. The average Bonchev–Trinajstić information content (AvgIpc) is 2.45. The third kappa shape index (κ3) is 3.87. The summed E-state index contributed by atoms with van der Waals surface area (Å²) in [5, 5.41) is 0. The van der Waals surface area contributed by atoms with Crippen molar-refractivity contribution in [2.45, 2.75) is 26.4 Å². The highest BCUT2D eigenvalue weighted by atomic mass is 16.5. The molecule has 5 nitrogen and oxygen atoms in total. The first-order chi connectivity index (χ1) is 9.40. The Kier molecular flexibility index (Phi) is 5.82. The lowest BCUT2D eigenvalue weighted by Crippen LogP contribution is -2.44. The number of hydrogen-bond acceptors (Lipinski definition) is 4. The predicted molar refractivity (Wildman–Crippen MR) is 78.8 cm³/mol. The molecule has 2 N–H and O–H groups in total. The highest BCUT2D eigenvalue weighted by Gasteiger charge is 2.21. The molecule has 0 bridgehead atoms. The number of ether oxygens (including phenoxy) is 2. The van der Waals surface area contributed by atoms with Gasteiger partial charge in [-0.15, -0.1) is 0 Å². The topological polar surface area (TPSA) is 64.8 Å². The van der Waals surface area contributed by atoms with Gasteiger partial charge in [-0.25, -0.2) is 0 Å². The van der Waals surface area contributed by atoms with Gasteiger partial charge in [0.1, 0.15) is 0 Å². The minimum atomic E-state index is -0.472. The van der Waals surface area contributed by atoms with E-state index in [1.165, 1.54) is 0 Å². The molecule has 0 aliphatic heterocycles. The fraction of sp³-hybridized carbons (Fsp3) is 0.533. The first kappa shape index (κ1) is 16.3. The monoisotopic (exact) mass is 280 g/mol. The second-order valence-corrected chi connectivity index (χ2v) is 5.15. The van der Waals surface area contributed by atoms with Gasteiger partial charge in [-0.1, -0.05) is 19.9 Å². The number of carbonyl (C=O) groups excluding carboxylic acids is 1. The number of hydrogen-bond donors (Lipinski definition) is 1. The van der Waals surface area contributed by atoms with Crippen LogP contribution < -0.4 is 15.2 Å². The Balaban J connectivity index is 2.80. The van der Waals surface area contributed by atoms with Gasteiger partial charge < -0.3 is 20.1 Å². The Bertz CT molecular complexity index is 460. The Morgan fingerprint density at radius 1 is 1.25 bits per heavy atom. The Labute approximate surface area is 120 Å². The summed E-state index contributed by atoms with van der Waals surface area (Å²) in [5.41, 5.74) is 6.85. The Morgan fingerprint density at radius 3 is 2.35 bits per heavy atom. The number of benzene rings is 1. The van der Waals surface area contributed by atoms with Gasteiger partial charge in [0.05, 0.1) is 20.3 Å². The lowest BCUT2D eigenvalue weighted by molar-refractivity contribution is -0.132. The molecule has 0 heterocycles. The van der Waals surface area contributed by atoms with Crippen LogP contribution in [-0.4, -0.2) is 38.1 Å². The van der Waals surface area contributed by atoms with Crippen molar-refractivity contribution < 1.29 is 14.3 Å². The number of rotatable bonds is 6. The molecule has 1 rings (SSSR count). The van der Waals surface area contributed by atoms with Crippen molar-refractivity contribution in [3.05, 3.63) is 23.8 Å². The molecule has 112 valence electrons. The Hall–Kier alpha value is -1.75. The summed E-state index contributed by atoms with van der Waals surface area (Å²) >= 11 is 0. The maximum absolute atomic E-state index is 12.1. The number of methoxy groups -OCH3 is 2. The average molecular weight is 280 g/mol. The van der Waals surface area contributed by atoms with Crippen molar-refractivity contribution in [1.82, 2.24) is 4.90 Å². The van der Waals surface area contributed by atoms with Crippen molar-refractivity contribution in [2.24, 2.45) is 11.7 Å². The molecular formula is C15H24N2O3. The first-order valence-electron chi connectivity index (χ1n) is 6.62. The van der Waals surface area contributed by atoms with E-state index in [1.807, 2.05) is 32.0 Å². The van der Waals surface area contributed by atoms with Crippen molar-refractivity contribution in [3.8, 4) is 11.5 Å². The molecule has 1 aromatic rings. The molecule has 0 radical (unpaired) electrons. The lowest BCUT2D eigenvalue weighted by atomic mass is 10.0. The van der Waals surface area contributed by atoms with Crippen LogP contribution in [0.3, 0.4) is 0 Å². The van der Waals surface area contributed by atoms with Crippen LogP contribution in [-0.2, 0) is 11.3 Å². The molecule has 1 aromatic carbocycles. The third-order valence-electron chi connectivity index (χ3n) is 3.25. The molecule has 0 aliphatic carbocycles. The van der Waals surface area contributed by atoms with E-state index in [0.717, 1.165) is 5.56 Å². The standard InChI is InChI=1S/C15H24N2O3/c1-10(2)14(16)15(18)17(3)9-11-6-7-12(19-4)13(8-11)20-5/h6-8,10,14H,9,16H2,1-5H3/t14-/m0/s1. The van der Waals surface area contributed by atoms with Crippen molar-refractivity contribution in [1.29, 1.82) is 0 Å². The second kappa shape index (κ2) is 7.14. The maximum atomic E-state index is 12.1. The van der Waals surface area contributed by atoms with E-state index in [-0.39, 0.29) is 11.8 Å². The minimum absolute atomic E-state index is 0.0604. The normalized spacial score (nSPS) is 12.2. The predicted octanol–water partition coefficient (Wildman–Crippen LogP) is 1.65. The molecular weight excluding hydrogens is 256 g/mol. The van der Waals surface area contributed by atoms with Gasteiger partial charge in [-0.2, -0.15) is 0 Å². The smallest absolute Gasteiger partial charge is 0.239 e. The van der Waals surface area contributed by atoms with Crippen LogP contribution in [0.4, 0.5) is 0 Å². The first-order valence-corrected chi connectivity index (χ1v) is 6.62. The summed E-state index contributed by atoms with van der Waals surface area (Å²) in [7, 11) is 4.93. The molecule has 1 amide bonds. The van der Waals surface area contributed by atoms with Crippen LogP contribution in [0.25, 0.3) is 0 Å². The zero-order valence-electron chi connectivity index (χ0n) is 12.8. The number of likely N-dealkylation sites (N-methyl/N-ethyl adjacent to an activating group) is 1. The molecule has 0 fully saturated rings. The van der Waals surface area contributed by atoms with Gasteiger partial charge in [0.15, 0.2) is 11.5 Å². The fourth-order valence-electron chi connectivity index (χ4n) is 1.87. The highest BCUT2D eigenvalue weighted by molar-refractivity contribution is 5.81. The molecule has 5 heteroatoms. The molecule has 20 heavy (non-hydrogen) atoms. The molecule has 0 aliphatic rings. The quantitative estimate of drug-likeness (QED) is 0.860. The van der Waals surface area contributed by atoms with Crippen LogP contribution in [0.5, 0.6) is 11.5 Å². The van der Waals surface area contributed by atoms with Crippen molar-refractivity contribution in [3.63, 3.8) is 0 Å². The van der Waals surface area contributed by atoms with Gasteiger partial charge in [0.2, 0.25) is 5.91 Å². The van der Waals surface area contributed by atoms with E-state index >= 15 is 0 Å². The lowest BCUT2D eigenvalue weighted by Gasteiger charge is -2.23. The van der Waals surface area contributed by atoms with Crippen molar-refractivity contribution >= 4 is 5.91 Å². The second-order valence-electron chi connectivity index (χ2n) is 5.15. The van der Waals surface area contributed by atoms with Crippen LogP contribution in [0.15, 0.2) is 18.2 Å². The van der Waals surface area contributed by atoms with E-state index in [9.17, 15) is 4.79 Å². The molecule has 0 saturated carbocycles. The molecule has 0 unspecified atom stereocenters. The summed E-state index contributed by atoms with van der Waals surface area (Å²) in [6, 6.07) is 5.13. The number of nitrogens with two attached hydrogens (primary N) is 1. The fourth-order valence-corrected chi connectivity index (χ4v) is 1.87. The van der Waals surface area contributed by atoms with Gasteiger partial charge in [0, 0.05) is 13.6 Å². The Morgan fingerprint density at radius 2 is 1.85 bits per heavy atom. The summed E-state index contributed by atoms with van der Waals surface area (Å²) < 4.78 is 10.4. The van der Waals surface area contributed by atoms with E-state index in [1.54, 1.807) is 26.2 Å². The summed E-state index contributed by atoms with van der Waals surface area (Å²) in [4.78, 5) is 13.7. The summed E-state index contributed by atoms with van der Waals surface area (Å²) in [6.45, 7) is 4.36. The van der Waals surface area contributed by atoms with E-state index < -0.39 is 6.04 Å². The minimum Gasteiger partial charge on any atom is -0.493 e. The van der Waals surface area contributed by atoms with Gasteiger partial charge in [-0.3, -0.25) is 4.79 Å².